The van der Waals surface area contributed by atoms with Crippen molar-refractivity contribution in [2.24, 2.45) is 0 Å². The lowest BCUT2D eigenvalue weighted by Crippen LogP contribution is -2.38. The fraction of sp³-hybridized carbons (Fsp3) is 0.462. The Kier molecular flexibility index (Phi) is 10.6. The van der Waals surface area contributed by atoms with Crippen LogP contribution in [-0.4, -0.2) is 55.1 Å². The number of nitrogens with zero attached hydrogens (tertiary/aromatic N) is 4. The van der Waals surface area contributed by atoms with Gasteiger partial charge in [0, 0.05) is 37.4 Å². The molecule has 1 aromatic heterocycles. The number of benzene rings is 2. The first-order valence-corrected chi connectivity index (χ1v) is 12.6. The fourth-order valence-electron chi connectivity index (χ4n) is 3.92. The van der Waals surface area contributed by atoms with Crippen LogP contribution in [0.1, 0.15) is 50.5 Å². The summed E-state index contributed by atoms with van der Waals surface area (Å²) in [7, 11) is 0. The topological polar surface area (TPSA) is 39.7 Å². The Labute approximate surface area is 208 Å². The molecule has 33 heavy (non-hydrogen) atoms. The lowest BCUT2D eigenvalue weighted by atomic mass is 10.1. The van der Waals surface area contributed by atoms with Crippen LogP contribution in [0.25, 0.3) is 10.2 Å². The smallest absolute Gasteiger partial charge is 0.260 e. The molecule has 0 bridgehead atoms. The predicted octanol–water partition coefficient (Wildman–Crippen LogP) is 6.12. The molecule has 0 N–H and O–H groups in total. The second kappa shape index (κ2) is 12.9. The molecule has 0 aliphatic rings. The zero-order valence-electron chi connectivity index (χ0n) is 20.5. The Morgan fingerprint density at radius 2 is 1.55 bits per heavy atom. The van der Waals surface area contributed by atoms with E-state index < -0.39 is 0 Å². The summed E-state index contributed by atoms with van der Waals surface area (Å²) in [5, 5.41) is 0.776. The minimum atomic E-state index is 0. The number of carbonyl (C=O) groups is 1. The first kappa shape index (κ1) is 27.1. The Balaban J connectivity index is 0.00000385. The molecule has 2 aromatic carbocycles. The van der Waals surface area contributed by atoms with Crippen LogP contribution in [0.2, 0.25) is 0 Å². The number of hydrogen-bond acceptors (Lipinski definition) is 5. The summed E-state index contributed by atoms with van der Waals surface area (Å²) in [4.78, 5) is 24.9. The van der Waals surface area contributed by atoms with E-state index in [0.29, 0.717) is 12.1 Å². The molecule has 3 rings (SSSR count). The van der Waals surface area contributed by atoms with Gasteiger partial charge in [0.1, 0.15) is 0 Å². The highest BCUT2D eigenvalue weighted by molar-refractivity contribution is 7.22. The molecule has 0 aliphatic carbocycles. The van der Waals surface area contributed by atoms with Gasteiger partial charge in [0.15, 0.2) is 5.13 Å². The summed E-state index contributed by atoms with van der Waals surface area (Å²) >= 11 is 1.61. The molecule has 0 atom stereocenters. The summed E-state index contributed by atoms with van der Waals surface area (Å²) in [6.07, 6.45) is 0.993. The third-order valence-corrected chi connectivity index (χ3v) is 7.14. The van der Waals surface area contributed by atoms with Crippen LogP contribution in [0.5, 0.6) is 0 Å². The molecule has 0 saturated heterocycles. The number of rotatable bonds is 11. The molecule has 0 radical (unpaired) electrons. The molecule has 3 aromatic rings. The van der Waals surface area contributed by atoms with Gasteiger partial charge in [-0.15, -0.1) is 12.4 Å². The quantitative estimate of drug-likeness (QED) is 0.326. The molecule has 5 nitrogen and oxygen atoms in total. The van der Waals surface area contributed by atoms with E-state index in [-0.39, 0.29) is 18.3 Å². The van der Waals surface area contributed by atoms with Gasteiger partial charge in [-0.1, -0.05) is 38.2 Å². The average molecular weight is 489 g/mol. The van der Waals surface area contributed by atoms with E-state index in [1.807, 2.05) is 17.0 Å². The maximum Gasteiger partial charge on any atom is 0.260 e. The van der Waals surface area contributed by atoms with Gasteiger partial charge in [-0.25, -0.2) is 4.98 Å². The fourth-order valence-corrected chi connectivity index (χ4v) is 4.97. The first-order valence-electron chi connectivity index (χ1n) is 11.8. The van der Waals surface area contributed by atoms with Gasteiger partial charge in [0.05, 0.1) is 10.2 Å². The summed E-state index contributed by atoms with van der Waals surface area (Å²) in [5.74, 6) is 0.0121. The number of thiazole rings is 1. The van der Waals surface area contributed by atoms with Crippen LogP contribution in [0.3, 0.4) is 0 Å². The number of aryl methyl sites for hydroxylation is 1. The molecule has 0 spiro atoms. The molecule has 0 unspecified atom stereocenters. The van der Waals surface area contributed by atoms with E-state index in [4.69, 9.17) is 4.98 Å². The summed E-state index contributed by atoms with van der Waals surface area (Å²) in [6.45, 7) is 16.1. The number of anilines is 2. The molecule has 0 saturated carbocycles. The Hall–Kier alpha value is -2.15. The molecule has 180 valence electrons. The van der Waals surface area contributed by atoms with E-state index >= 15 is 0 Å². The van der Waals surface area contributed by atoms with E-state index in [2.05, 4.69) is 74.8 Å². The summed E-state index contributed by atoms with van der Waals surface area (Å²) < 4.78 is 1.14. The van der Waals surface area contributed by atoms with Crippen molar-refractivity contribution in [2.75, 3.05) is 49.1 Å². The maximum absolute atomic E-state index is 13.6. The van der Waals surface area contributed by atoms with Gasteiger partial charge < -0.3 is 9.80 Å². The number of fused-ring (bicyclic) bond motifs is 1. The number of halogens is 1. The Morgan fingerprint density at radius 3 is 2.12 bits per heavy atom. The monoisotopic (exact) mass is 488 g/mol. The zero-order chi connectivity index (χ0) is 23.1. The van der Waals surface area contributed by atoms with Crippen molar-refractivity contribution in [3.63, 3.8) is 0 Å². The lowest BCUT2D eigenvalue weighted by molar-refractivity contribution is 0.0984. The lowest BCUT2D eigenvalue weighted by Gasteiger charge is -2.25. The van der Waals surface area contributed by atoms with Crippen molar-refractivity contribution >= 4 is 50.7 Å². The van der Waals surface area contributed by atoms with Crippen molar-refractivity contribution < 1.29 is 4.79 Å². The number of carbonyl (C=O) groups excluding carboxylic acids is 1. The second-order valence-electron chi connectivity index (χ2n) is 7.85. The highest BCUT2D eigenvalue weighted by Gasteiger charge is 2.22. The van der Waals surface area contributed by atoms with Gasteiger partial charge in [-0.2, -0.15) is 0 Å². The molecule has 7 heteroatoms. The molecule has 1 heterocycles. The summed E-state index contributed by atoms with van der Waals surface area (Å²) in [6, 6.07) is 14.4. The zero-order valence-corrected chi connectivity index (χ0v) is 22.1. The number of hydrogen-bond donors (Lipinski definition) is 0. The second-order valence-corrected chi connectivity index (χ2v) is 8.86. The van der Waals surface area contributed by atoms with Gasteiger partial charge in [0.25, 0.3) is 5.91 Å². The normalized spacial score (nSPS) is 11.0. The van der Waals surface area contributed by atoms with Gasteiger partial charge in [0.2, 0.25) is 0 Å². The third kappa shape index (κ3) is 6.46. The average Bonchev–Trinajstić information content (AvgIpc) is 3.25. The van der Waals surface area contributed by atoms with Crippen LogP contribution in [0.15, 0.2) is 42.5 Å². The highest BCUT2D eigenvalue weighted by Crippen LogP contribution is 2.31. The van der Waals surface area contributed by atoms with Crippen molar-refractivity contribution in [1.29, 1.82) is 0 Å². The van der Waals surface area contributed by atoms with E-state index in [9.17, 15) is 4.79 Å². The van der Waals surface area contributed by atoms with Crippen molar-refractivity contribution in [2.45, 2.75) is 41.0 Å². The maximum atomic E-state index is 13.6. The standard InChI is InChI=1S/C26H36N4OS.ClH/c1-6-20-11-16-23-24(19-20)32-26(27-23)30(18-17-28(7-2)8-3)25(31)21-12-14-22(15-13-21)29(9-4)10-5;/h11-16,19H,6-10,17-18H2,1-5H3;1H. The van der Waals surface area contributed by atoms with Crippen molar-refractivity contribution in [3.05, 3.63) is 53.6 Å². The highest BCUT2D eigenvalue weighted by atomic mass is 35.5. The number of aromatic nitrogens is 1. The Bertz CT molecular complexity index is 1010. The van der Waals surface area contributed by atoms with Crippen LogP contribution in [0.4, 0.5) is 10.8 Å². The molecule has 0 aliphatic heterocycles. The molecule has 1 amide bonds. The predicted molar refractivity (Wildman–Crippen MR) is 146 cm³/mol. The minimum absolute atomic E-state index is 0. The molecule has 0 fully saturated rings. The summed E-state index contributed by atoms with van der Waals surface area (Å²) in [5.41, 5.74) is 4.10. The van der Waals surface area contributed by atoms with E-state index in [1.54, 1.807) is 11.3 Å². The van der Waals surface area contributed by atoms with Crippen molar-refractivity contribution in [3.8, 4) is 0 Å². The van der Waals surface area contributed by atoms with Crippen molar-refractivity contribution in [1.82, 2.24) is 9.88 Å². The minimum Gasteiger partial charge on any atom is -0.372 e. The molecular formula is C26H37ClN4OS. The van der Waals surface area contributed by atoms with Crippen LogP contribution < -0.4 is 9.80 Å². The number of amides is 1. The van der Waals surface area contributed by atoms with Gasteiger partial charge in [-0.3, -0.25) is 9.69 Å². The van der Waals surface area contributed by atoms with E-state index in [1.165, 1.54) is 5.56 Å². The molecular weight excluding hydrogens is 452 g/mol. The first-order chi connectivity index (χ1) is 15.5. The number of likely N-dealkylation sites (N-methyl/N-ethyl adjacent to an activating group) is 1. The van der Waals surface area contributed by atoms with Crippen LogP contribution >= 0.6 is 23.7 Å². The third-order valence-electron chi connectivity index (χ3n) is 6.10. The Morgan fingerprint density at radius 1 is 0.879 bits per heavy atom. The van der Waals surface area contributed by atoms with Gasteiger partial charge >= 0.3 is 0 Å². The van der Waals surface area contributed by atoms with Crippen LogP contribution in [0, 0.1) is 0 Å². The van der Waals surface area contributed by atoms with E-state index in [0.717, 1.165) is 60.2 Å². The van der Waals surface area contributed by atoms with Gasteiger partial charge in [-0.05, 0) is 75.3 Å². The van der Waals surface area contributed by atoms with Crippen LogP contribution in [-0.2, 0) is 6.42 Å². The SMILES string of the molecule is CCc1ccc2nc(N(CCN(CC)CC)C(=O)c3ccc(N(CC)CC)cc3)sc2c1.Cl. The largest absolute Gasteiger partial charge is 0.372 e.